The van der Waals surface area contributed by atoms with E-state index >= 15 is 0 Å². The first-order chi connectivity index (χ1) is 8.65. The van der Waals surface area contributed by atoms with E-state index < -0.39 is 0 Å². The summed E-state index contributed by atoms with van der Waals surface area (Å²) in [5.41, 5.74) is 0. The average molecular weight is 269 g/mol. The third kappa shape index (κ3) is 4.16. The molecule has 18 heavy (non-hydrogen) atoms. The molecule has 0 aromatic rings. The van der Waals surface area contributed by atoms with E-state index in [2.05, 4.69) is 36.0 Å². The van der Waals surface area contributed by atoms with Gasteiger partial charge in [-0.05, 0) is 37.8 Å². The van der Waals surface area contributed by atoms with Gasteiger partial charge in [0.25, 0.3) is 0 Å². The van der Waals surface area contributed by atoms with E-state index in [-0.39, 0.29) is 0 Å². The molecule has 0 aromatic carbocycles. The maximum Gasteiger partial charge on any atom is 0.156 e. The molecule has 0 aromatic heterocycles. The summed E-state index contributed by atoms with van der Waals surface area (Å²) >= 11 is 1.93. The zero-order valence-electron chi connectivity index (χ0n) is 12.0. The molecular weight excluding hydrogens is 242 g/mol. The van der Waals surface area contributed by atoms with E-state index in [4.69, 9.17) is 0 Å². The quantitative estimate of drug-likeness (QED) is 0.831. The third-order valence-corrected chi connectivity index (χ3v) is 5.28. The summed E-state index contributed by atoms with van der Waals surface area (Å²) in [6.45, 7) is 12.8. The lowest BCUT2D eigenvalue weighted by Gasteiger charge is -2.21. The van der Waals surface area contributed by atoms with Gasteiger partial charge in [-0.25, -0.2) is 0 Å². The topological polar surface area (TPSA) is 27.6 Å². The molecule has 3 nitrogen and oxygen atoms in total. The molecule has 0 radical (unpaired) electrons. The van der Waals surface area contributed by atoms with Crippen molar-refractivity contribution >= 4 is 16.9 Å². The van der Waals surface area contributed by atoms with Crippen molar-refractivity contribution < 1.29 is 0 Å². The molecule has 1 N–H and O–H groups in total. The molecular formula is C14H27N3S. The second-order valence-electron chi connectivity index (χ2n) is 6.04. The van der Waals surface area contributed by atoms with Crippen LogP contribution in [0.2, 0.25) is 0 Å². The normalized spacial score (nSPS) is 26.7. The Morgan fingerprint density at radius 1 is 1.33 bits per heavy atom. The van der Waals surface area contributed by atoms with Crippen molar-refractivity contribution in [1.82, 2.24) is 10.2 Å². The second kappa shape index (κ2) is 6.80. The van der Waals surface area contributed by atoms with E-state index in [0.717, 1.165) is 19.0 Å². The maximum absolute atomic E-state index is 4.60. The summed E-state index contributed by atoms with van der Waals surface area (Å²) < 4.78 is 0. The lowest BCUT2D eigenvalue weighted by Crippen LogP contribution is -2.33. The molecule has 4 heteroatoms. The van der Waals surface area contributed by atoms with Crippen molar-refractivity contribution in [3.63, 3.8) is 0 Å². The first-order valence-corrected chi connectivity index (χ1v) is 8.20. The van der Waals surface area contributed by atoms with Gasteiger partial charge < -0.3 is 10.2 Å². The van der Waals surface area contributed by atoms with Gasteiger partial charge in [0.1, 0.15) is 0 Å². The van der Waals surface area contributed by atoms with Crippen LogP contribution in [0, 0.1) is 11.8 Å². The number of nitrogens with zero attached hydrogens (tertiary/aromatic N) is 2. The SMILES string of the molecule is CC(CNC1=NCC(C(C)C)S1)CN1CCCC1. The predicted molar refractivity (Wildman–Crippen MR) is 81.4 cm³/mol. The van der Waals surface area contributed by atoms with Gasteiger partial charge in [0.2, 0.25) is 0 Å². The minimum atomic E-state index is 0.682. The van der Waals surface area contributed by atoms with Gasteiger partial charge in [-0.3, -0.25) is 4.99 Å². The van der Waals surface area contributed by atoms with Gasteiger partial charge >= 0.3 is 0 Å². The molecule has 0 saturated carbocycles. The number of hydrogen-bond acceptors (Lipinski definition) is 4. The summed E-state index contributed by atoms with van der Waals surface area (Å²) in [5, 5.41) is 5.38. The van der Waals surface area contributed by atoms with Crippen LogP contribution in [0.1, 0.15) is 33.6 Å². The second-order valence-corrected chi connectivity index (χ2v) is 7.27. The van der Waals surface area contributed by atoms with E-state index in [9.17, 15) is 0 Å². The minimum Gasteiger partial charge on any atom is -0.365 e. The number of rotatable bonds is 5. The number of amidine groups is 1. The summed E-state index contributed by atoms with van der Waals surface area (Å²) in [4.78, 5) is 7.19. The number of thioether (sulfide) groups is 1. The largest absolute Gasteiger partial charge is 0.365 e. The Bertz CT molecular complexity index is 285. The molecule has 1 saturated heterocycles. The Kier molecular flexibility index (Phi) is 5.37. The summed E-state index contributed by atoms with van der Waals surface area (Å²) in [5.74, 6) is 1.43. The zero-order chi connectivity index (χ0) is 13.0. The van der Waals surface area contributed by atoms with Gasteiger partial charge in [-0.15, -0.1) is 0 Å². The fraction of sp³-hybridized carbons (Fsp3) is 0.929. The van der Waals surface area contributed by atoms with Gasteiger partial charge in [0, 0.05) is 18.3 Å². The predicted octanol–water partition coefficient (Wildman–Crippen LogP) is 2.44. The van der Waals surface area contributed by atoms with Crippen LogP contribution in [0.3, 0.4) is 0 Å². The number of nitrogens with one attached hydrogen (secondary N) is 1. The van der Waals surface area contributed by atoms with Crippen molar-refractivity contribution in [3.8, 4) is 0 Å². The number of aliphatic imine (C=N–C) groups is 1. The van der Waals surface area contributed by atoms with E-state index in [1.54, 1.807) is 0 Å². The van der Waals surface area contributed by atoms with Crippen LogP contribution in [0.15, 0.2) is 4.99 Å². The molecule has 104 valence electrons. The van der Waals surface area contributed by atoms with E-state index in [1.807, 2.05) is 11.8 Å². The fourth-order valence-corrected chi connectivity index (χ4v) is 3.59. The van der Waals surface area contributed by atoms with Crippen molar-refractivity contribution in [2.45, 2.75) is 38.9 Å². The first kappa shape index (κ1) is 14.2. The maximum atomic E-state index is 4.60. The van der Waals surface area contributed by atoms with Crippen molar-refractivity contribution in [3.05, 3.63) is 0 Å². The lowest BCUT2D eigenvalue weighted by molar-refractivity contribution is 0.288. The molecule has 0 spiro atoms. The van der Waals surface area contributed by atoms with Crippen molar-refractivity contribution in [2.75, 3.05) is 32.7 Å². The van der Waals surface area contributed by atoms with E-state index in [1.165, 1.54) is 37.6 Å². The Balaban J connectivity index is 1.62. The molecule has 0 amide bonds. The monoisotopic (exact) mass is 269 g/mol. The average Bonchev–Trinajstić information content (AvgIpc) is 2.96. The standard InChI is InChI=1S/C14H27N3S/c1-11(2)13-9-16-14(18-13)15-8-12(3)10-17-6-4-5-7-17/h11-13H,4-10H2,1-3H3,(H,15,16). The highest BCUT2D eigenvalue weighted by molar-refractivity contribution is 8.14. The Labute approximate surface area is 116 Å². The van der Waals surface area contributed by atoms with Crippen LogP contribution in [0.4, 0.5) is 0 Å². The fourth-order valence-electron chi connectivity index (χ4n) is 2.57. The Morgan fingerprint density at radius 2 is 2.06 bits per heavy atom. The molecule has 2 heterocycles. The van der Waals surface area contributed by atoms with Crippen LogP contribution < -0.4 is 5.32 Å². The highest BCUT2D eigenvalue weighted by Gasteiger charge is 2.22. The van der Waals surface area contributed by atoms with Gasteiger partial charge in [-0.2, -0.15) is 0 Å². The van der Waals surface area contributed by atoms with Gasteiger partial charge in [-0.1, -0.05) is 32.5 Å². The molecule has 2 rings (SSSR count). The summed E-state index contributed by atoms with van der Waals surface area (Å²) in [6, 6.07) is 0. The molecule has 1 fully saturated rings. The minimum absolute atomic E-state index is 0.682. The number of hydrogen-bond donors (Lipinski definition) is 1. The van der Waals surface area contributed by atoms with Crippen molar-refractivity contribution in [1.29, 1.82) is 0 Å². The van der Waals surface area contributed by atoms with Crippen LogP contribution in [0.5, 0.6) is 0 Å². The smallest absolute Gasteiger partial charge is 0.156 e. The van der Waals surface area contributed by atoms with Crippen LogP contribution in [0.25, 0.3) is 0 Å². The Morgan fingerprint density at radius 3 is 2.67 bits per heavy atom. The van der Waals surface area contributed by atoms with E-state index in [0.29, 0.717) is 11.2 Å². The first-order valence-electron chi connectivity index (χ1n) is 7.32. The summed E-state index contributed by atoms with van der Waals surface area (Å²) in [7, 11) is 0. The van der Waals surface area contributed by atoms with Crippen LogP contribution in [-0.4, -0.2) is 48.0 Å². The van der Waals surface area contributed by atoms with Crippen molar-refractivity contribution in [2.24, 2.45) is 16.8 Å². The Hall–Kier alpha value is -0.220. The lowest BCUT2D eigenvalue weighted by atomic mass is 10.1. The van der Waals surface area contributed by atoms with Crippen LogP contribution >= 0.6 is 11.8 Å². The highest BCUT2D eigenvalue weighted by Crippen LogP contribution is 2.25. The molecule has 2 atom stereocenters. The third-order valence-electron chi connectivity index (χ3n) is 3.79. The molecule has 2 aliphatic heterocycles. The van der Waals surface area contributed by atoms with Gasteiger partial charge in [0.15, 0.2) is 5.17 Å². The molecule has 0 aliphatic carbocycles. The molecule has 0 bridgehead atoms. The summed E-state index contributed by atoms with van der Waals surface area (Å²) in [6.07, 6.45) is 2.78. The zero-order valence-corrected chi connectivity index (χ0v) is 12.8. The van der Waals surface area contributed by atoms with Gasteiger partial charge in [0.05, 0.1) is 6.54 Å². The molecule has 2 aliphatic rings. The van der Waals surface area contributed by atoms with Crippen LogP contribution in [-0.2, 0) is 0 Å². The molecule has 2 unspecified atom stereocenters. The highest BCUT2D eigenvalue weighted by atomic mass is 32.2. The number of likely N-dealkylation sites (tertiary alicyclic amines) is 1.